The fourth-order valence-corrected chi connectivity index (χ4v) is 5.44. The molecular formula is C32H49ClN6O12. The number of benzene rings is 1. The van der Waals surface area contributed by atoms with Crippen molar-refractivity contribution in [1.29, 1.82) is 0 Å². The van der Waals surface area contributed by atoms with Crippen molar-refractivity contribution in [1.82, 2.24) is 25.6 Å². The number of aliphatic hydroxyl groups is 4. The van der Waals surface area contributed by atoms with Gasteiger partial charge in [-0.2, -0.15) is 0 Å². The molecule has 2 aromatic rings. The number of amides is 2. The Hall–Kier alpha value is -3.30. The molecule has 0 aliphatic carbocycles. The SMILES string of the molecule is NCCOCCOCc1cn(CCCCCCO[C@]2(C(=O)O)C[C@H](O)[C@@H](NC(=O)CO)[C@H]([C@H](O)[C@H](O)CNC(=O)Cc3ccc(Cl)cc3)O2)nn1. The summed E-state index contributed by atoms with van der Waals surface area (Å²) in [4.78, 5) is 36.9. The van der Waals surface area contributed by atoms with Crippen LogP contribution in [0.25, 0.3) is 0 Å². The molecule has 1 aromatic heterocycles. The van der Waals surface area contributed by atoms with Crippen LogP contribution in [0.1, 0.15) is 43.4 Å². The predicted octanol–water partition coefficient (Wildman–Crippen LogP) is -1.51. The number of aryl methyl sites for hydroxylation is 1. The van der Waals surface area contributed by atoms with Crippen molar-refractivity contribution in [3.8, 4) is 0 Å². The second kappa shape index (κ2) is 21.9. The second-order valence-electron chi connectivity index (χ2n) is 12.0. The van der Waals surface area contributed by atoms with Crippen LogP contribution in [0.3, 0.4) is 0 Å². The smallest absolute Gasteiger partial charge is 0.364 e. The van der Waals surface area contributed by atoms with Crippen molar-refractivity contribution < 1.29 is 58.9 Å². The largest absolute Gasteiger partial charge is 0.477 e. The molecule has 1 aliphatic rings. The zero-order chi connectivity index (χ0) is 37.2. The predicted molar refractivity (Wildman–Crippen MR) is 179 cm³/mol. The second-order valence-corrected chi connectivity index (χ2v) is 12.5. The van der Waals surface area contributed by atoms with Crippen LogP contribution in [-0.4, -0.2) is 141 Å². The van der Waals surface area contributed by atoms with Crippen LogP contribution in [0.2, 0.25) is 5.02 Å². The Labute approximate surface area is 300 Å². The lowest BCUT2D eigenvalue weighted by Crippen LogP contribution is -2.68. The number of carboxylic acid groups (broad SMARTS) is 1. The Balaban J connectivity index is 1.50. The van der Waals surface area contributed by atoms with Crippen LogP contribution < -0.4 is 16.4 Å². The van der Waals surface area contributed by atoms with Gasteiger partial charge in [0, 0.05) is 31.1 Å². The zero-order valence-corrected chi connectivity index (χ0v) is 29.0. The van der Waals surface area contributed by atoms with E-state index in [4.69, 9.17) is 36.3 Å². The first kappa shape index (κ1) is 42.1. The number of nitrogens with one attached hydrogen (secondary N) is 2. The number of nitrogens with zero attached hydrogens (tertiary/aromatic N) is 3. The van der Waals surface area contributed by atoms with Crippen LogP contribution in [-0.2, 0) is 52.9 Å². The van der Waals surface area contributed by atoms with Gasteiger partial charge in [0.25, 0.3) is 5.79 Å². The van der Waals surface area contributed by atoms with Crippen molar-refractivity contribution >= 4 is 29.4 Å². The first-order chi connectivity index (χ1) is 24.5. The molecule has 0 spiro atoms. The van der Waals surface area contributed by atoms with Gasteiger partial charge in [0.05, 0.1) is 63.9 Å². The molecule has 6 atom stereocenters. The summed E-state index contributed by atoms with van der Waals surface area (Å²) in [6, 6.07) is 5.10. The molecule has 18 nitrogen and oxygen atoms in total. The minimum Gasteiger partial charge on any atom is -0.477 e. The van der Waals surface area contributed by atoms with Crippen molar-refractivity contribution in [3.05, 3.63) is 46.7 Å². The third-order valence-electron chi connectivity index (χ3n) is 7.97. The van der Waals surface area contributed by atoms with Gasteiger partial charge in [0.2, 0.25) is 11.8 Å². The fraction of sp³-hybridized carbons (Fsp3) is 0.656. The molecule has 0 unspecified atom stereocenters. The highest BCUT2D eigenvalue weighted by Gasteiger charge is 2.55. The number of ether oxygens (including phenoxy) is 4. The number of hydrogen-bond acceptors (Lipinski definition) is 14. The number of rotatable bonds is 24. The molecule has 0 radical (unpaired) electrons. The average molecular weight is 745 g/mol. The monoisotopic (exact) mass is 744 g/mol. The van der Waals surface area contributed by atoms with Gasteiger partial charge in [0.15, 0.2) is 0 Å². The van der Waals surface area contributed by atoms with Gasteiger partial charge in [0.1, 0.15) is 24.5 Å². The fourth-order valence-electron chi connectivity index (χ4n) is 5.32. The maximum Gasteiger partial charge on any atom is 0.364 e. The van der Waals surface area contributed by atoms with E-state index >= 15 is 0 Å². The molecule has 0 saturated carbocycles. The Morgan fingerprint density at radius 1 is 1.06 bits per heavy atom. The lowest BCUT2D eigenvalue weighted by atomic mass is 9.88. The number of aliphatic hydroxyl groups excluding tert-OH is 4. The van der Waals surface area contributed by atoms with E-state index in [0.717, 1.165) is 12.8 Å². The van der Waals surface area contributed by atoms with Gasteiger partial charge in [-0.15, -0.1) is 5.10 Å². The van der Waals surface area contributed by atoms with Gasteiger partial charge < -0.3 is 60.8 Å². The number of nitrogens with two attached hydrogens (primary N) is 1. The van der Waals surface area contributed by atoms with Gasteiger partial charge in [-0.3, -0.25) is 14.3 Å². The Morgan fingerprint density at radius 2 is 1.78 bits per heavy atom. The first-order valence-electron chi connectivity index (χ1n) is 16.7. The number of halogens is 1. The lowest BCUT2D eigenvalue weighted by molar-refractivity contribution is -0.310. The van der Waals surface area contributed by atoms with Crippen molar-refractivity contribution in [2.45, 2.75) is 87.9 Å². The summed E-state index contributed by atoms with van der Waals surface area (Å²) in [7, 11) is 0. The van der Waals surface area contributed by atoms with Crippen molar-refractivity contribution in [3.63, 3.8) is 0 Å². The topological polar surface area (TPSA) is 270 Å². The summed E-state index contributed by atoms with van der Waals surface area (Å²) < 4.78 is 23.9. The van der Waals surface area contributed by atoms with E-state index in [1.165, 1.54) is 0 Å². The molecule has 9 N–H and O–H groups in total. The number of aliphatic carboxylic acids is 1. The molecule has 1 aromatic carbocycles. The minimum absolute atomic E-state index is 0.0480. The van der Waals surface area contributed by atoms with Crippen LogP contribution >= 0.6 is 11.6 Å². The molecule has 2 heterocycles. The molecule has 286 valence electrons. The number of hydrogen-bond donors (Lipinski definition) is 8. The zero-order valence-electron chi connectivity index (χ0n) is 28.3. The molecule has 19 heteroatoms. The first-order valence-corrected chi connectivity index (χ1v) is 17.1. The third-order valence-corrected chi connectivity index (χ3v) is 8.23. The van der Waals surface area contributed by atoms with Crippen LogP contribution in [0, 0.1) is 0 Å². The normalized spacial score (nSPS) is 21.6. The van der Waals surface area contributed by atoms with Gasteiger partial charge in [-0.05, 0) is 30.5 Å². The maximum absolute atomic E-state index is 12.5. The molecule has 51 heavy (non-hydrogen) atoms. The van der Waals surface area contributed by atoms with Gasteiger partial charge in [-0.25, -0.2) is 4.79 Å². The van der Waals surface area contributed by atoms with E-state index in [-0.39, 0.29) is 13.0 Å². The van der Waals surface area contributed by atoms with Crippen LogP contribution in [0.5, 0.6) is 0 Å². The third kappa shape index (κ3) is 14.0. The van der Waals surface area contributed by atoms with E-state index in [1.54, 1.807) is 35.1 Å². The highest BCUT2D eigenvalue weighted by atomic mass is 35.5. The summed E-state index contributed by atoms with van der Waals surface area (Å²) >= 11 is 5.87. The highest BCUT2D eigenvalue weighted by molar-refractivity contribution is 6.30. The van der Waals surface area contributed by atoms with Gasteiger partial charge in [-0.1, -0.05) is 41.8 Å². The summed E-state index contributed by atoms with van der Waals surface area (Å²) in [5.41, 5.74) is 6.70. The van der Waals surface area contributed by atoms with E-state index in [2.05, 4.69) is 20.9 Å². The highest BCUT2D eigenvalue weighted by Crippen LogP contribution is 2.34. The number of carbonyl (C=O) groups is 3. The van der Waals surface area contributed by atoms with E-state index in [1.807, 2.05) is 0 Å². The number of carboxylic acids is 1. The Bertz CT molecular complexity index is 1350. The molecule has 1 aliphatic heterocycles. The van der Waals surface area contributed by atoms with Gasteiger partial charge >= 0.3 is 5.97 Å². The molecule has 3 rings (SSSR count). The maximum atomic E-state index is 12.5. The molecule has 1 saturated heterocycles. The molecule has 0 bridgehead atoms. The number of carbonyl (C=O) groups excluding carboxylic acids is 2. The van der Waals surface area contributed by atoms with Crippen molar-refractivity contribution in [2.24, 2.45) is 5.73 Å². The summed E-state index contributed by atoms with van der Waals surface area (Å²) in [6.45, 7) is 1.17. The average Bonchev–Trinajstić information content (AvgIpc) is 3.57. The van der Waals surface area contributed by atoms with Crippen LogP contribution in [0.4, 0.5) is 0 Å². The molecule has 1 fully saturated rings. The Kier molecular flexibility index (Phi) is 18.1. The lowest BCUT2D eigenvalue weighted by Gasteiger charge is -2.46. The van der Waals surface area contributed by atoms with E-state index < -0.39 is 73.6 Å². The summed E-state index contributed by atoms with van der Waals surface area (Å²) in [5.74, 6) is -5.45. The van der Waals surface area contributed by atoms with E-state index in [0.29, 0.717) is 68.6 Å². The summed E-state index contributed by atoms with van der Waals surface area (Å²) in [6.07, 6.45) is -3.27. The van der Waals surface area contributed by atoms with E-state index in [9.17, 15) is 39.9 Å². The summed E-state index contributed by atoms with van der Waals surface area (Å²) in [5, 5.41) is 65.6. The molecular weight excluding hydrogens is 696 g/mol. The van der Waals surface area contributed by atoms with Crippen LogP contribution in [0.15, 0.2) is 30.5 Å². The van der Waals surface area contributed by atoms with Crippen molar-refractivity contribution in [2.75, 3.05) is 46.1 Å². The standard InChI is InChI=1S/C32H49ClN6O12/c33-22-7-5-21(6-8-22)15-26(43)35-17-25(42)29(45)30-28(36-27(44)19-40)24(41)16-32(51-30,31(46)47)50-11-4-2-1-3-10-39-18-23(37-38-39)20-49-14-13-48-12-9-34/h5-8,18,24-25,28-30,40-42,45H,1-4,9-17,19-20,34H2,(H,35,43)(H,36,44)(H,46,47)/t24-,25+,28+,29+,30+,32+/m0/s1. The number of unbranched alkanes of at least 4 members (excludes halogenated alkanes) is 3. The number of aromatic nitrogens is 3. The Morgan fingerprint density at radius 3 is 2.49 bits per heavy atom. The quantitative estimate of drug-likeness (QED) is 0.0568. The molecule has 2 amide bonds. The minimum atomic E-state index is -2.43.